The van der Waals surface area contributed by atoms with E-state index in [0.717, 1.165) is 25.1 Å². The van der Waals surface area contributed by atoms with Crippen molar-refractivity contribution in [2.45, 2.75) is 25.7 Å². The Morgan fingerprint density at radius 1 is 1.37 bits per heavy atom. The van der Waals surface area contributed by atoms with Crippen LogP contribution in [-0.2, 0) is 17.6 Å². The normalized spacial score (nSPS) is 13.6. The number of carbonyl (C=O) groups excluding carboxylic acids is 1. The van der Waals surface area contributed by atoms with E-state index < -0.39 is 0 Å². The van der Waals surface area contributed by atoms with E-state index >= 15 is 0 Å². The van der Waals surface area contributed by atoms with Crippen LogP contribution in [0.25, 0.3) is 0 Å². The van der Waals surface area contributed by atoms with Crippen molar-refractivity contribution >= 4 is 11.6 Å². The van der Waals surface area contributed by atoms with Crippen LogP contribution >= 0.6 is 0 Å². The van der Waals surface area contributed by atoms with E-state index in [1.165, 1.54) is 24.0 Å². The summed E-state index contributed by atoms with van der Waals surface area (Å²) in [5.41, 5.74) is 9.18. The highest BCUT2D eigenvalue weighted by atomic mass is 16.2. The predicted molar refractivity (Wildman–Crippen MR) is 78.3 cm³/mol. The van der Waals surface area contributed by atoms with E-state index in [-0.39, 0.29) is 5.91 Å². The molecule has 4 nitrogen and oxygen atoms in total. The third kappa shape index (κ3) is 4.04. The van der Waals surface area contributed by atoms with E-state index in [0.29, 0.717) is 13.1 Å². The second-order valence-corrected chi connectivity index (χ2v) is 5.27. The first-order valence-corrected chi connectivity index (χ1v) is 6.99. The molecule has 3 N–H and O–H groups in total. The average molecular weight is 261 g/mol. The third-order valence-electron chi connectivity index (χ3n) is 3.54. The molecule has 19 heavy (non-hydrogen) atoms. The summed E-state index contributed by atoms with van der Waals surface area (Å²) in [5, 5.41) is 2.97. The molecule has 1 amide bonds. The van der Waals surface area contributed by atoms with Gasteiger partial charge >= 0.3 is 0 Å². The van der Waals surface area contributed by atoms with Crippen LogP contribution in [0.1, 0.15) is 24.0 Å². The third-order valence-corrected chi connectivity index (χ3v) is 3.54. The van der Waals surface area contributed by atoms with E-state index in [4.69, 9.17) is 5.73 Å². The van der Waals surface area contributed by atoms with Gasteiger partial charge in [-0.15, -0.1) is 0 Å². The first kappa shape index (κ1) is 14.0. The van der Waals surface area contributed by atoms with Gasteiger partial charge in [-0.05, 0) is 69.1 Å². The minimum absolute atomic E-state index is 0.0393. The van der Waals surface area contributed by atoms with Gasteiger partial charge in [-0.25, -0.2) is 0 Å². The second kappa shape index (κ2) is 6.68. The van der Waals surface area contributed by atoms with Gasteiger partial charge in [-0.2, -0.15) is 0 Å². The molecule has 0 aliphatic heterocycles. The van der Waals surface area contributed by atoms with Crippen LogP contribution in [0.3, 0.4) is 0 Å². The van der Waals surface area contributed by atoms with E-state index in [9.17, 15) is 4.79 Å². The zero-order chi connectivity index (χ0) is 13.7. The number of amides is 1. The minimum atomic E-state index is 0.0393. The molecule has 1 aromatic rings. The average Bonchev–Trinajstić information content (AvgIpc) is 2.83. The molecule has 2 rings (SSSR count). The molecule has 0 aromatic heterocycles. The van der Waals surface area contributed by atoms with Crippen LogP contribution in [0.15, 0.2) is 18.2 Å². The van der Waals surface area contributed by atoms with Crippen LogP contribution < -0.4 is 11.1 Å². The lowest BCUT2D eigenvalue weighted by Gasteiger charge is -2.15. The van der Waals surface area contributed by atoms with Gasteiger partial charge in [0.05, 0.1) is 6.54 Å². The van der Waals surface area contributed by atoms with Crippen molar-refractivity contribution in [1.82, 2.24) is 4.90 Å². The Balaban J connectivity index is 1.85. The van der Waals surface area contributed by atoms with Gasteiger partial charge in [0.15, 0.2) is 0 Å². The molecule has 0 atom stereocenters. The fourth-order valence-corrected chi connectivity index (χ4v) is 2.54. The van der Waals surface area contributed by atoms with Crippen molar-refractivity contribution in [3.05, 3.63) is 29.3 Å². The van der Waals surface area contributed by atoms with Crippen molar-refractivity contribution in [2.75, 3.05) is 32.0 Å². The highest BCUT2D eigenvalue weighted by Crippen LogP contribution is 2.24. The number of hydrogen-bond acceptors (Lipinski definition) is 3. The standard InChI is InChI=1S/C15H23N3O/c1-18(9-3-8-16)11-15(19)17-14-7-6-12-4-2-5-13(12)10-14/h6-7,10H,2-5,8-9,11,16H2,1H3,(H,17,19). The molecule has 0 heterocycles. The number of carbonyl (C=O) groups is 1. The zero-order valence-electron chi connectivity index (χ0n) is 11.6. The maximum absolute atomic E-state index is 11.9. The minimum Gasteiger partial charge on any atom is -0.330 e. The molecular weight excluding hydrogens is 238 g/mol. The molecule has 0 saturated heterocycles. The number of fused-ring (bicyclic) bond motifs is 1. The Morgan fingerprint density at radius 3 is 2.95 bits per heavy atom. The monoisotopic (exact) mass is 261 g/mol. The number of likely N-dealkylation sites (N-methyl/N-ethyl adjacent to an activating group) is 1. The van der Waals surface area contributed by atoms with Gasteiger partial charge in [0, 0.05) is 5.69 Å². The van der Waals surface area contributed by atoms with Crippen molar-refractivity contribution in [3.63, 3.8) is 0 Å². The second-order valence-electron chi connectivity index (χ2n) is 5.27. The smallest absolute Gasteiger partial charge is 0.238 e. The summed E-state index contributed by atoms with van der Waals surface area (Å²) in [5.74, 6) is 0.0393. The lowest BCUT2D eigenvalue weighted by atomic mass is 10.1. The summed E-state index contributed by atoms with van der Waals surface area (Å²) in [6.45, 7) is 1.93. The first-order valence-electron chi connectivity index (χ1n) is 6.99. The molecule has 0 unspecified atom stereocenters. The summed E-state index contributed by atoms with van der Waals surface area (Å²) >= 11 is 0. The highest BCUT2D eigenvalue weighted by molar-refractivity contribution is 5.92. The Morgan fingerprint density at radius 2 is 2.16 bits per heavy atom. The van der Waals surface area contributed by atoms with Gasteiger partial charge < -0.3 is 11.1 Å². The highest BCUT2D eigenvalue weighted by Gasteiger charge is 2.12. The molecule has 1 aromatic carbocycles. The fraction of sp³-hybridized carbons (Fsp3) is 0.533. The molecule has 0 fully saturated rings. The van der Waals surface area contributed by atoms with E-state index in [2.05, 4.69) is 17.4 Å². The zero-order valence-corrected chi connectivity index (χ0v) is 11.6. The van der Waals surface area contributed by atoms with E-state index in [1.54, 1.807) is 0 Å². The molecule has 0 saturated carbocycles. The molecule has 0 spiro atoms. The van der Waals surface area contributed by atoms with Crippen molar-refractivity contribution in [3.8, 4) is 0 Å². The number of anilines is 1. The Bertz CT molecular complexity index is 445. The SMILES string of the molecule is CN(CCCN)CC(=O)Nc1ccc2c(c1)CCC2. The van der Waals surface area contributed by atoms with Crippen molar-refractivity contribution in [2.24, 2.45) is 5.73 Å². The summed E-state index contributed by atoms with van der Waals surface area (Å²) in [6, 6.07) is 6.25. The quantitative estimate of drug-likeness (QED) is 0.813. The predicted octanol–water partition coefficient (Wildman–Crippen LogP) is 1.39. The van der Waals surface area contributed by atoms with Crippen LogP contribution in [0, 0.1) is 0 Å². The molecular formula is C15H23N3O. The number of nitrogens with two attached hydrogens (primary N) is 1. The molecule has 104 valence electrons. The first-order chi connectivity index (χ1) is 9.19. The number of rotatable bonds is 6. The van der Waals surface area contributed by atoms with Crippen molar-refractivity contribution < 1.29 is 4.79 Å². The van der Waals surface area contributed by atoms with Gasteiger partial charge in [-0.3, -0.25) is 9.69 Å². The summed E-state index contributed by atoms with van der Waals surface area (Å²) in [7, 11) is 1.94. The number of hydrogen-bond donors (Lipinski definition) is 2. The molecule has 1 aliphatic carbocycles. The lowest BCUT2D eigenvalue weighted by Crippen LogP contribution is -2.31. The maximum Gasteiger partial charge on any atom is 0.238 e. The Hall–Kier alpha value is -1.39. The number of benzene rings is 1. The van der Waals surface area contributed by atoms with Gasteiger partial charge in [0.2, 0.25) is 5.91 Å². The summed E-state index contributed by atoms with van der Waals surface area (Å²) < 4.78 is 0. The molecule has 4 heteroatoms. The van der Waals surface area contributed by atoms with Gasteiger partial charge in [-0.1, -0.05) is 6.07 Å². The van der Waals surface area contributed by atoms with E-state index in [1.807, 2.05) is 18.0 Å². The lowest BCUT2D eigenvalue weighted by molar-refractivity contribution is -0.117. The Labute approximate surface area is 115 Å². The number of aryl methyl sites for hydroxylation is 2. The van der Waals surface area contributed by atoms with Crippen molar-refractivity contribution in [1.29, 1.82) is 0 Å². The van der Waals surface area contributed by atoms with Gasteiger partial charge in [0.1, 0.15) is 0 Å². The topological polar surface area (TPSA) is 58.4 Å². The van der Waals surface area contributed by atoms with Crippen LogP contribution in [0.4, 0.5) is 5.69 Å². The summed E-state index contributed by atoms with van der Waals surface area (Å²) in [4.78, 5) is 13.9. The van der Waals surface area contributed by atoms with Crippen LogP contribution in [0.2, 0.25) is 0 Å². The van der Waals surface area contributed by atoms with Gasteiger partial charge in [0.25, 0.3) is 0 Å². The maximum atomic E-state index is 11.9. The van der Waals surface area contributed by atoms with Crippen LogP contribution in [0.5, 0.6) is 0 Å². The number of nitrogens with zero attached hydrogens (tertiary/aromatic N) is 1. The summed E-state index contributed by atoms with van der Waals surface area (Å²) in [6.07, 6.45) is 4.46. The number of nitrogens with one attached hydrogen (secondary N) is 1. The fourth-order valence-electron chi connectivity index (χ4n) is 2.54. The van der Waals surface area contributed by atoms with Crippen LogP contribution in [-0.4, -0.2) is 37.5 Å². The largest absolute Gasteiger partial charge is 0.330 e. The molecule has 0 radical (unpaired) electrons. The Kier molecular flexibility index (Phi) is 4.93. The molecule has 1 aliphatic rings. The molecule has 0 bridgehead atoms.